The van der Waals surface area contributed by atoms with E-state index in [1.165, 1.54) is 32.1 Å². The van der Waals surface area contributed by atoms with Crippen LogP contribution < -0.4 is 5.32 Å². The van der Waals surface area contributed by atoms with Gasteiger partial charge in [0.25, 0.3) is 0 Å². The molecule has 0 amide bonds. The first-order chi connectivity index (χ1) is 9.79. The second kappa shape index (κ2) is 6.66. The zero-order valence-corrected chi connectivity index (χ0v) is 12.0. The smallest absolute Gasteiger partial charge is 0.123 e. The lowest BCUT2D eigenvalue weighted by Crippen LogP contribution is -2.47. The molecular weight excluding hydrogens is 253 g/mol. The van der Waals surface area contributed by atoms with Gasteiger partial charge in [-0.3, -0.25) is 4.90 Å². The zero-order chi connectivity index (χ0) is 13.8. The first-order valence-corrected chi connectivity index (χ1v) is 7.69. The van der Waals surface area contributed by atoms with Crippen molar-refractivity contribution < 1.29 is 4.39 Å². The first kappa shape index (κ1) is 14.0. The fourth-order valence-corrected chi connectivity index (χ4v) is 3.26. The molecule has 4 heteroatoms. The van der Waals surface area contributed by atoms with Crippen LogP contribution in [-0.4, -0.2) is 55.6 Å². The molecule has 1 aromatic carbocycles. The van der Waals surface area contributed by atoms with E-state index in [1.807, 2.05) is 6.07 Å². The summed E-state index contributed by atoms with van der Waals surface area (Å²) in [6.45, 7) is 8.95. The largest absolute Gasteiger partial charge is 0.316 e. The standard InChI is InChI=1S/C16H24FN3/c17-16-3-1-2-14(10-16)12-19-6-8-20(9-7-19)13-15-4-5-18-11-15/h1-3,10,15,18H,4-9,11-13H2/t15-/m0/s1. The van der Waals surface area contributed by atoms with Crippen LogP contribution in [0.5, 0.6) is 0 Å². The van der Waals surface area contributed by atoms with Crippen LogP contribution in [-0.2, 0) is 6.54 Å². The highest BCUT2D eigenvalue weighted by Crippen LogP contribution is 2.13. The highest BCUT2D eigenvalue weighted by molar-refractivity contribution is 5.16. The van der Waals surface area contributed by atoms with Gasteiger partial charge in [-0.05, 0) is 43.1 Å². The molecule has 0 aliphatic carbocycles. The van der Waals surface area contributed by atoms with Crippen molar-refractivity contribution in [2.24, 2.45) is 5.92 Å². The maximum atomic E-state index is 13.2. The van der Waals surface area contributed by atoms with Crippen molar-refractivity contribution in [1.82, 2.24) is 15.1 Å². The second-order valence-electron chi connectivity index (χ2n) is 6.07. The topological polar surface area (TPSA) is 18.5 Å². The number of benzene rings is 1. The average molecular weight is 277 g/mol. The van der Waals surface area contributed by atoms with Crippen molar-refractivity contribution >= 4 is 0 Å². The number of halogens is 1. The van der Waals surface area contributed by atoms with E-state index in [2.05, 4.69) is 15.1 Å². The summed E-state index contributed by atoms with van der Waals surface area (Å²) in [6.07, 6.45) is 1.32. The van der Waals surface area contributed by atoms with Gasteiger partial charge in [-0.2, -0.15) is 0 Å². The second-order valence-corrected chi connectivity index (χ2v) is 6.07. The Kier molecular flexibility index (Phi) is 4.65. The summed E-state index contributed by atoms with van der Waals surface area (Å²) in [7, 11) is 0. The lowest BCUT2D eigenvalue weighted by molar-refractivity contribution is 0.115. The molecule has 2 fully saturated rings. The number of nitrogens with one attached hydrogen (secondary N) is 1. The van der Waals surface area contributed by atoms with Crippen molar-refractivity contribution in [1.29, 1.82) is 0 Å². The molecule has 20 heavy (non-hydrogen) atoms. The van der Waals surface area contributed by atoms with Gasteiger partial charge in [-0.15, -0.1) is 0 Å². The van der Waals surface area contributed by atoms with Crippen LogP contribution in [0.2, 0.25) is 0 Å². The normalized spacial score (nSPS) is 25.1. The molecule has 2 saturated heterocycles. The Morgan fingerprint density at radius 1 is 1.15 bits per heavy atom. The van der Waals surface area contributed by atoms with E-state index >= 15 is 0 Å². The maximum absolute atomic E-state index is 13.2. The van der Waals surface area contributed by atoms with E-state index in [9.17, 15) is 4.39 Å². The Labute approximate surface area is 120 Å². The predicted octanol–water partition coefficient (Wildman–Crippen LogP) is 1.55. The molecule has 2 aliphatic heterocycles. The lowest BCUT2D eigenvalue weighted by atomic mass is 10.1. The third-order valence-electron chi connectivity index (χ3n) is 4.44. The molecule has 3 nitrogen and oxygen atoms in total. The summed E-state index contributed by atoms with van der Waals surface area (Å²) in [5.74, 6) is 0.708. The molecule has 2 aliphatic rings. The van der Waals surface area contributed by atoms with Gasteiger partial charge in [-0.1, -0.05) is 12.1 Å². The predicted molar refractivity (Wildman–Crippen MR) is 79.1 cm³/mol. The molecule has 1 atom stereocenters. The summed E-state index contributed by atoms with van der Waals surface area (Å²) >= 11 is 0. The lowest BCUT2D eigenvalue weighted by Gasteiger charge is -2.35. The molecule has 0 saturated carbocycles. The van der Waals surface area contributed by atoms with Gasteiger partial charge in [0, 0.05) is 39.3 Å². The molecule has 3 rings (SSSR count). The average Bonchev–Trinajstić information content (AvgIpc) is 2.94. The van der Waals surface area contributed by atoms with Crippen molar-refractivity contribution in [3.05, 3.63) is 35.6 Å². The number of rotatable bonds is 4. The van der Waals surface area contributed by atoms with Gasteiger partial charge in [0.2, 0.25) is 0 Å². The molecular formula is C16H24FN3. The van der Waals surface area contributed by atoms with Gasteiger partial charge >= 0.3 is 0 Å². The Balaban J connectivity index is 1.43. The summed E-state index contributed by atoms with van der Waals surface area (Å²) in [5, 5.41) is 3.44. The van der Waals surface area contributed by atoms with Gasteiger partial charge in [0.15, 0.2) is 0 Å². The van der Waals surface area contributed by atoms with E-state index in [1.54, 1.807) is 12.1 Å². The molecule has 2 heterocycles. The Bertz CT molecular complexity index is 423. The van der Waals surface area contributed by atoms with Crippen molar-refractivity contribution in [2.45, 2.75) is 13.0 Å². The van der Waals surface area contributed by atoms with Gasteiger partial charge < -0.3 is 10.2 Å². The minimum atomic E-state index is -0.130. The number of nitrogens with zero attached hydrogens (tertiary/aromatic N) is 2. The van der Waals surface area contributed by atoms with Crippen LogP contribution in [0.4, 0.5) is 4.39 Å². The molecule has 0 unspecified atom stereocenters. The highest BCUT2D eigenvalue weighted by atomic mass is 19.1. The van der Waals surface area contributed by atoms with Crippen molar-refractivity contribution in [2.75, 3.05) is 45.8 Å². The van der Waals surface area contributed by atoms with Gasteiger partial charge in [0.1, 0.15) is 5.82 Å². The Morgan fingerprint density at radius 2 is 1.95 bits per heavy atom. The Morgan fingerprint density at radius 3 is 2.65 bits per heavy atom. The van der Waals surface area contributed by atoms with Crippen molar-refractivity contribution in [3.63, 3.8) is 0 Å². The SMILES string of the molecule is Fc1cccc(CN2CCN(C[C@H]3CCNC3)CC2)c1. The fourth-order valence-electron chi connectivity index (χ4n) is 3.26. The van der Waals surface area contributed by atoms with Crippen LogP contribution in [0.15, 0.2) is 24.3 Å². The molecule has 1 N–H and O–H groups in total. The van der Waals surface area contributed by atoms with Crippen LogP contribution in [0.3, 0.4) is 0 Å². The zero-order valence-electron chi connectivity index (χ0n) is 12.0. The van der Waals surface area contributed by atoms with Crippen molar-refractivity contribution in [3.8, 4) is 0 Å². The summed E-state index contributed by atoms with van der Waals surface area (Å²) < 4.78 is 13.2. The maximum Gasteiger partial charge on any atom is 0.123 e. The van der Waals surface area contributed by atoms with Crippen LogP contribution in [0.25, 0.3) is 0 Å². The van der Waals surface area contributed by atoms with E-state index < -0.39 is 0 Å². The van der Waals surface area contributed by atoms with Gasteiger partial charge in [-0.25, -0.2) is 4.39 Å². The molecule has 0 spiro atoms. The van der Waals surface area contributed by atoms with Gasteiger partial charge in [0.05, 0.1) is 0 Å². The fraction of sp³-hybridized carbons (Fsp3) is 0.625. The minimum absolute atomic E-state index is 0.130. The minimum Gasteiger partial charge on any atom is -0.316 e. The molecule has 0 aromatic heterocycles. The summed E-state index contributed by atoms with van der Waals surface area (Å²) in [6, 6.07) is 6.97. The van der Waals surface area contributed by atoms with Crippen LogP contribution >= 0.6 is 0 Å². The first-order valence-electron chi connectivity index (χ1n) is 7.69. The van der Waals surface area contributed by atoms with Crippen LogP contribution in [0, 0.1) is 11.7 Å². The Hall–Kier alpha value is -0.970. The highest BCUT2D eigenvalue weighted by Gasteiger charge is 2.22. The van der Waals surface area contributed by atoms with E-state index in [0.29, 0.717) is 0 Å². The molecule has 0 bridgehead atoms. The quantitative estimate of drug-likeness (QED) is 0.901. The monoisotopic (exact) mass is 277 g/mol. The summed E-state index contributed by atoms with van der Waals surface area (Å²) in [5.41, 5.74) is 1.08. The van der Waals surface area contributed by atoms with E-state index in [-0.39, 0.29) is 5.82 Å². The number of hydrogen-bond donors (Lipinski definition) is 1. The van der Waals surface area contributed by atoms with E-state index in [0.717, 1.165) is 44.2 Å². The number of piperazine rings is 1. The third-order valence-corrected chi connectivity index (χ3v) is 4.44. The third kappa shape index (κ3) is 3.78. The number of hydrogen-bond acceptors (Lipinski definition) is 3. The molecule has 110 valence electrons. The summed E-state index contributed by atoms with van der Waals surface area (Å²) in [4.78, 5) is 5.01. The van der Waals surface area contributed by atoms with Crippen LogP contribution in [0.1, 0.15) is 12.0 Å². The molecule has 1 aromatic rings. The van der Waals surface area contributed by atoms with E-state index in [4.69, 9.17) is 0 Å². The molecule has 0 radical (unpaired) electrons.